The lowest BCUT2D eigenvalue weighted by Gasteiger charge is -2.12. The summed E-state index contributed by atoms with van der Waals surface area (Å²) in [5.41, 5.74) is -0.802. The minimum absolute atomic E-state index is 0.146. The van der Waals surface area contributed by atoms with Crippen LogP contribution in [0, 0.1) is 10.1 Å². The van der Waals surface area contributed by atoms with Crippen molar-refractivity contribution in [1.29, 1.82) is 0 Å². The van der Waals surface area contributed by atoms with E-state index in [2.05, 4.69) is 25.6 Å². The number of benzene rings is 1. The van der Waals surface area contributed by atoms with Gasteiger partial charge in [-0.1, -0.05) is 11.6 Å². The first kappa shape index (κ1) is 21.9. The Balaban J connectivity index is 1.94. The molecule has 0 aliphatic carbocycles. The van der Waals surface area contributed by atoms with Crippen LogP contribution >= 0.6 is 11.6 Å². The predicted octanol–water partition coefficient (Wildman–Crippen LogP) is 5.14. The number of ketones is 1. The molecule has 13 heteroatoms. The van der Waals surface area contributed by atoms with Crippen LogP contribution in [-0.2, 0) is 6.18 Å². The van der Waals surface area contributed by atoms with Crippen molar-refractivity contribution in [2.75, 3.05) is 10.6 Å². The van der Waals surface area contributed by atoms with Gasteiger partial charge in [0.2, 0.25) is 11.6 Å². The van der Waals surface area contributed by atoms with Gasteiger partial charge in [-0.2, -0.15) is 13.2 Å². The van der Waals surface area contributed by atoms with Gasteiger partial charge in [0, 0.05) is 17.4 Å². The van der Waals surface area contributed by atoms with Crippen LogP contribution in [0.25, 0.3) is 0 Å². The fraction of sp³-hybridized carbons (Fsp3) is 0.111. The second kappa shape index (κ2) is 8.52. The van der Waals surface area contributed by atoms with E-state index in [9.17, 15) is 28.1 Å². The smallest absolute Gasteiger partial charge is 0.334 e. The molecule has 0 fully saturated rings. The zero-order valence-corrected chi connectivity index (χ0v) is 16.3. The molecule has 2 N–H and O–H groups in total. The minimum atomic E-state index is -4.65. The number of hydrogen-bond acceptors (Lipinski definition) is 8. The first-order chi connectivity index (χ1) is 14.6. The maximum atomic E-state index is 12.8. The van der Waals surface area contributed by atoms with Crippen LogP contribution < -0.4 is 10.6 Å². The molecule has 3 rings (SSSR count). The molecule has 2 heterocycles. The normalized spacial score (nSPS) is 11.1. The lowest BCUT2D eigenvalue weighted by atomic mass is 10.1. The highest BCUT2D eigenvalue weighted by Crippen LogP contribution is 2.36. The van der Waals surface area contributed by atoms with E-state index < -0.39 is 27.4 Å². The summed E-state index contributed by atoms with van der Waals surface area (Å²) in [4.78, 5) is 33.4. The van der Waals surface area contributed by atoms with Gasteiger partial charge in [-0.3, -0.25) is 14.9 Å². The lowest BCUT2D eigenvalue weighted by molar-refractivity contribution is -0.383. The molecule has 9 nitrogen and oxygen atoms in total. The fourth-order valence-corrected chi connectivity index (χ4v) is 2.67. The summed E-state index contributed by atoms with van der Waals surface area (Å²) in [5.74, 6) is -0.932. The molecule has 0 saturated heterocycles. The fourth-order valence-electron chi connectivity index (χ4n) is 2.46. The van der Waals surface area contributed by atoms with Crippen molar-refractivity contribution < 1.29 is 22.9 Å². The summed E-state index contributed by atoms with van der Waals surface area (Å²) in [6, 6.07) is 6.76. The first-order valence-electron chi connectivity index (χ1n) is 8.43. The number of alkyl halides is 3. The Labute approximate surface area is 177 Å². The van der Waals surface area contributed by atoms with Gasteiger partial charge in [-0.25, -0.2) is 15.0 Å². The summed E-state index contributed by atoms with van der Waals surface area (Å²) in [6.45, 7) is 1.40. The average molecular weight is 453 g/mol. The third-order valence-electron chi connectivity index (χ3n) is 3.96. The molecule has 2 aromatic heterocycles. The van der Waals surface area contributed by atoms with Gasteiger partial charge in [0.1, 0.15) is 6.33 Å². The second-order valence-corrected chi connectivity index (χ2v) is 6.52. The third kappa shape index (κ3) is 5.04. The zero-order valence-electron chi connectivity index (χ0n) is 15.6. The monoisotopic (exact) mass is 452 g/mol. The molecule has 1 aromatic carbocycles. The van der Waals surface area contributed by atoms with E-state index in [-0.39, 0.29) is 23.2 Å². The van der Waals surface area contributed by atoms with Crippen molar-refractivity contribution in [2.45, 2.75) is 13.1 Å². The number of halogens is 4. The number of pyridine rings is 1. The Morgan fingerprint density at radius 2 is 1.68 bits per heavy atom. The maximum Gasteiger partial charge on any atom is 0.417 e. The summed E-state index contributed by atoms with van der Waals surface area (Å²) in [5, 5.41) is 16.4. The van der Waals surface area contributed by atoms with Gasteiger partial charge >= 0.3 is 11.9 Å². The molecule has 0 saturated carbocycles. The van der Waals surface area contributed by atoms with Crippen molar-refractivity contribution in [1.82, 2.24) is 15.0 Å². The maximum absolute atomic E-state index is 12.8. The second-order valence-electron chi connectivity index (χ2n) is 6.11. The van der Waals surface area contributed by atoms with Crippen LogP contribution in [0.15, 0.2) is 42.9 Å². The highest BCUT2D eigenvalue weighted by molar-refractivity contribution is 6.33. The molecule has 0 aliphatic heterocycles. The highest BCUT2D eigenvalue weighted by atomic mass is 35.5. The van der Waals surface area contributed by atoms with E-state index in [1.807, 2.05) is 0 Å². The largest absolute Gasteiger partial charge is 0.417 e. The van der Waals surface area contributed by atoms with Crippen LogP contribution in [0.5, 0.6) is 0 Å². The number of Topliss-reactive ketones (excluding diaryl/α,β-unsaturated/α-hetero) is 1. The van der Waals surface area contributed by atoms with Crippen molar-refractivity contribution in [3.05, 3.63) is 69.1 Å². The van der Waals surface area contributed by atoms with Crippen LogP contribution in [0.3, 0.4) is 0 Å². The predicted molar refractivity (Wildman–Crippen MR) is 106 cm³/mol. The van der Waals surface area contributed by atoms with E-state index in [0.717, 1.165) is 6.33 Å². The number of nitrogens with zero attached hydrogens (tertiary/aromatic N) is 4. The molecule has 160 valence electrons. The van der Waals surface area contributed by atoms with Crippen molar-refractivity contribution >= 4 is 46.2 Å². The molecular weight excluding hydrogens is 441 g/mol. The quantitative estimate of drug-likeness (QED) is 0.299. The molecule has 0 unspecified atom stereocenters. The van der Waals surface area contributed by atoms with Gasteiger partial charge in [0.25, 0.3) is 0 Å². The number of carbonyl (C=O) groups is 1. The van der Waals surface area contributed by atoms with Crippen molar-refractivity contribution in [2.24, 2.45) is 0 Å². The molecule has 31 heavy (non-hydrogen) atoms. The zero-order chi connectivity index (χ0) is 22.8. The molecule has 0 spiro atoms. The Morgan fingerprint density at radius 3 is 2.19 bits per heavy atom. The topological polar surface area (TPSA) is 123 Å². The summed E-state index contributed by atoms with van der Waals surface area (Å²) >= 11 is 5.85. The SMILES string of the molecule is CC(=O)c1ccc(Nc2ncnc(Nc3ncc(C(F)(F)F)cc3Cl)c2[N+](=O)[O-])cc1. The number of aromatic nitrogens is 3. The third-order valence-corrected chi connectivity index (χ3v) is 4.25. The molecule has 0 amide bonds. The van der Waals surface area contributed by atoms with Gasteiger partial charge in [-0.15, -0.1) is 0 Å². The Kier molecular flexibility index (Phi) is 6.02. The van der Waals surface area contributed by atoms with E-state index in [4.69, 9.17) is 11.6 Å². The minimum Gasteiger partial charge on any atom is -0.334 e. The molecular formula is C18H12ClF3N6O3. The van der Waals surface area contributed by atoms with Gasteiger partial charge in [-0.05, 0) is 37.3 Å². The Hall–Kier alpha value is -3.80. The Bertz CT molecular complexity index is 1160. The lowest BCUT2D eigenvalue weighted by Crippen LogP contribution is -2.08. The van der Waals surface area contributed by atoms with Crippen LogP contribution in [0.4, 0.5) is 42.0 Å². The van der Waals surface area contributed by atoms with Crippen LogP contribution in [0.2, 0.25) is 5.02 Å². The van der Waals surface area contributed by atoms with Crippen molar-refractivity contribution in [3.8, 4) is 0 Å². The first-order valence-corrected chi connectivity index (χ1v) is 8.81. The number of anilines is 4. The van der Waals surface area contributed by atoms with E-state index in [1.54, 1.807) is 0 Å². The molecule has 3 aromatic rings. The molecule has 0 aliphatic rings. The van der Waals surface area contributed by atoms with Gasteiger partial charge in [0.15, 0.2) is 11.6 Å². The van der Waals surface area contributed by atoms with Crippen molar-refractivity contribution in [3.63, 3.8) is 0 Å². The number of hydrogen-bond donors (Lipinski definition) is 2. The summed E-state index contributed by atoms with van der Waals surface area (Å²) in [6.07, 6.45) is -3.10. The van der Waals surface area contributed by atoms with E-state index >= 15 is 0 Å². The molecule has 0 radical (unpaired) electrons. The highest BCUT2D eigenvalue weighted by Gasteiger charge is 2.32. The van der Waals surface area contributed by atoms with Crippen LogP contribution in [-0.4, -0.2) is 25.7 Å². The molecule has 0 atom stereocenters. The number of nitro groups is 1. The standard InChI is InChI=1S/C18H12ClF3N6O3/c1-9(29)10-2-4-12(5-3-10)26-16-14(28(30)31)17(25-8-24-16)27-15-13(19)6-11(7-23-15)18(20,21)22/h2-8H,1H3,(H2,23,24,25,26,27). The van der Waals surface area contributed by atoms with Crippen LogP contribution in [0.1, 0.15) is 22.8 Å². The summed E-state index contributed by atoms with van der Waals surface area (Å²) < 4.78 is 38.3. The number of carbonyl (C=O) groups excluding carboxylic acids is 1. The number of rotatable bonds is 6. The van der Waals surface area contributed by atoms with Gasteiger partial charge in [0.05, 0.1) is 15.5 Å². The van der Waals surface area contributed by atoms with Gasteiger partial charge < -0.3 is 10.6 Å². The summed E-state index contributed by atoms with van der Waals surface area (Å²) in [7, 11) is 0. The number of nitrogens with one attached hydrogen (secondary N) is 2. The van der Waals surface area contributed by atoms with E-state index in [0.29, 0.717) is 23.5 Å². The Morgan fingerprint density at radius 1 is 1.06 bits per heavy atom. The average Bonchev–Trinajstić information content (AvgIpc) is 2.69. The molecule has 0 bridgehead atoms. The van der Waals surface area contributed by atoms with E-state index in [1.165, 1.54) is 31.2 Å².